The van der Waals surface area contributed by atoms with E-state index in [2.05, 4.69) is 31.1 Å². The summed E-state index contributed by atoms with van der Waals surface area (Å²) < 4.78 is 90.2. The van der Waals surface area contributed by atoms with Gasteiger partial charge in [-0.05, 0) is 74.1 Å². The van der Waals surface area contributed by atoms with E-state index in [0.29, 0.717) is 11.8 Å². The van der Waals surface area contributed by atoms with Gasteiger partial charge in [0.2, 0.25) is 5.69 Å². The van der Waals surface area contributed by atoms with Crippen LogP contribution in [0.5, 0.6) is 11.5 Å². The molecule has 0 radical (unpaired) electrons. The lowest BCUT2D eigenvalue weighted by molar-refractivity contribution is -0.439. The predicted molar refractivity (Wildman–Crippen MR) is 189 cm³/mol. The number of allylic oxidation sites excluding steroid dienone is 4. The van der Waals surface area contributed by atoms with Crippen LogP contribution in [0.3, 0.4) is 0 Å². The standard InChI is InChI=1S/C41H51F6N2O2/c1-38(2)32-26-30(50-40(42,43)44)18-20-34(32)48(24-22-28-12-7-5-8-13-28)36(38)16-11-17-37-39(3,4)33-27-31(51-41(45,46)47)19-21-35(33)49(37)25-23-29-14-9-6-10-15-29/h11,16-21,26-29H,5-10,12-15,22-25H2,1-4H3/q+1. The second-order valence-electron chi connectivity index (χ2n) is 15.9. The van der Waals surface area contributed by atoms with E-state index in [9.17, 15) is 26.3 Å². The molecule has 0 bridgehead atoms. The lowest BCUT2D eigenvalue weighted by Crippen LogP contribution is -2.29. The molecule has 10 heteroatoms. The molecule has 2 aliphatic carbocycles. The van der Waals surface area contributed by atoms with Gasteiger partial charge >= 0.3 is 12.7 Å². The number of rotatable bonds is 10. The third-order valence-corrected chi connectivity index (χ3v) is 11.7. The highest BCUT2D eigenvalue weighted by atomic mass is 19.4. The van der Waals surface area contributed by atoms with Gasteiger partial charge < -0.3 is 14.4 Å². The smallest absolute Gasteiger partial charge is 0.406 e. The first-order valence-corrected chi connectivity index (χ1v) is 18.6. The minimum Gasteiger partial charge on any atom is -0.406 e. The molecule has 2 aliphatic heterocycles. The molecule has 0 unspecified atom stereocenters. The van der Waals surface area contributed by atoms with E-state index in [1.54, 1.807) is 12.1 Å². The van der Waals surface area contributed by atoms with E-state index in [0.717, 1.165) is 59.8 Å². The normalized spacial score (nSPS) is 21.8. The van der Waals surface area contributed by atoms with Crippen molar-refractivity contribution in [2.75, 3.05) is 18.0 Å². The molecule has 0 amide bonds. The number of hydrogen-bond acceptors (Lipinski definition) is 3. The van der Waals surface area contributed by atoms with Crippen LogP contribution in [-0.2, 0) is 10.8 Å². The third kappa shape index (κ3) is 8.46. The van der Waals surface area contributed by atoms with Crippen molar-refractivity contribution in [3.63, 3.8) is 0 Å². The molecular weight excluding hydrogens is 666 g/mol. The predicted octanol–water partition coefficient (Wildman–Crippen LogP) is 12.0. The Bertz CT molecular complexity index is 1660. The molecule has 6 rings (SSSR count). The summed E-state index contributed by atoms with van der Waals surface area (Å²) in [6.45, 7) is 9.64. The average Bonchev–Trinajstić information content (AvgIpc) is 3.40. The molecule has 0 atom stereocenters. The van der Waals surface area contributed by atoms with Gasteiger partial charge in [0.15, 0.2) is 5.71 Å². The molecule has 2 aromatic carbocycles. The fourth-order valence-corrected chi connectivity index (χ4v) is 8.99. The first kappa shape index (κ1) is 37.3. The summed E-state index contributed by atoms with van der Waals surface area (Å²) in [5, 5.41) is 0. The van der Waals surface area contributed by atoms with E-state index in [1.165, 1.54) is 88.5 Å². The summed E-state index contributed by atoms with van der Waals surface area (Å²) in [4.78, 5) is 2.26. The summed E-state index contributed by atoms with van der Waals surface area (Å²) in [5.41, 5.74) is 4.07. The lowest BCUT2D eigenvalue weighted by Gasteiger charge is -2.29. The summed E-state index contributed by atoms with van der Waals surface area (Å²) in [7, 11) is 0. The summed E-state index contributed by atoms with van der Waals surface area (Å²) >= 11 is 0. The summed E-state index contributed by atoms with van der Waals surface area (Å²) in [6, 6.07) is 9.29. The highest BCUT2D eigenvalue weighted by Crippen LogP contribution is 2.50. The molecule has 51 heavy (non-hydrogen) atoms. The monoisotopic (exact) mass is 717 g/mol. The quantitative estimate of drug-likeness (QED) is 0.181. The van der Waals surface area contributed by atoms with Crippen molar-refractivity contribution in [1.82, 2.24) is 0 Å². The van der Waals surface area contributed by atoms with E-state index in [4.69, 9.17) is 0 Å². The van der Waals surface area contributed by atoms with Crippen molar-refractivity contribution in [3.8, 4) is 11.5 Å². The molecule has 278 valence electrons. The van der Waals surface area contributed by atoms with Gasteiger partial charge in [0.05, 0.1) is 5.41 Å². The number of fused-ring (bicyclic) bond motifs is 2. The molecule has 4 aliphatic rings. The van der Waals surface area contributed by atoms with Crippen LogP contribution in [0.15, 0.2) is 60.3 Å². The van der Waals surface area contributed by atoms with E-state index < -0.39 is 23.6 Å². The SMILES string of the molecule is CC1(C)C(/C=C/C=C2/N(CCC3CCCCC3)c3ccc(OC(F)(F)F)cc3C2(C)C)=[N+](CCC2CCCCC2)c2ccc(OC(F)(F)F)cc21. The van der Waals surface area contributed by atoms with Gasteiger partial charge in [0.1, 0.15) is 18.0 Å². The van der Waals surface area contributed by atoms with Gasteiger partial charge in [-0.15, -0.1) is 26.3 Å². The number of anilines is 1. The van der Waals surface area contributed by atoms with E-state index in [-0.39, 0.29) is 11.5 Å². The molecular formula is C41H51F6N2O2+. The molecule has 0 saturated heterocycles. The molecule has 0 spiro atoms. The minimum atomic E-state index is -4.79. The van der Waals surface area contributed by atoms with Gasteiger partial charge in [-0.25, -0.2) is 0 Å². The van der Waals surface area contributed by atoms with E-state index >= 15 is 0 Å². The molecule has 2 fully saturated rings. The maximum absolute atomic E-state index is 13.2. The number of halogens is 6. The Balaban J connectivity index is 1.35. The first-order valence-electron chi connectivity index (χ1n) is 18.6. The average molecular weight is 718 g/mol. The Morgan fingerprint density at radius 2 is 1.27 bits per heavy atom. The summed E-state index contributed by atoms with van der Waals surface area (Å²) in [5.74, 6) is 0.768. The molecule has 2 aromatic rings. The van der Waals surface area contributed by atoms with Gasteiger partial charge in [0, 0.05) is 47.5 Å². The van der Waals surface area contributed by atoms with Crippen LogP contribution in [0.4, 0.5) is 37.7 Å². The zero-order chi connectivity index (χ0) is 36.6. The topological polar surface area (TPSA) is 24.7 Å². The van der Waals surface area contributed by atoms with Crippen molar-refractivity contribution in [2.45, 2.75) is 128 Å². The highest BCUT2D eigenvalue weighted by Gasteiger charge is 2.46. The Kier molecular flexibility index (Phi) is 10.6. The molecule has 0 aromatic heterocycles. The van der Waals surface area contributed by atoms with Crippen molar-refractivity contribution in [3.05, 3.63) is 71.5 Å². The van der Waals surface area contributed by atoms with Crippen molar-refractivity contribution in [1.29, 1.82) is 0 Å². The minimum absolute atomic E-state index is 0.234. The van der Waals surface area contributed by atoms with Crippen molar-refractivity contribution >= 4 is 17.1 Å². The Hall–Kier alpha value is -3.43. The number of nitrogens with zero attached hydrogens (tertiary/aromatic N) is 2. The number of ether oxygens (including phenoxy) is 2. The zero-order valence-electron chi connectivity index (χ0n) is 30.2. The zero-order valence-corrected chi connectivity index (χ0v) is 30.2. The number of benzene rings is 2. The number of hydrogen-bond donors (Lipinski definition) is 0. The maximum Gasteiger partial charge on any atom is 0.573 e. The Morgan fingerprint density at radius 3 is 1.86 bits per heavy atom. The van der Waals surface area contributed by atoms with Crippen LogP contribution in [0.1, 0.15) is 116 Å². The fraction of sp³-hybridized carbons (Fsp3) is 0.585. The van der Waals surface area contributed by atoms with Crippen LogP contribution in [0, 0.1) is 11.8 Å². The van der Waals surface area contributed by atoms with Crippen molar-refractivity contribution < 1.29 is 40.4 Å². The van der Waals surface area contributed by atoms with Crippen LogP contribution in [0.2, 0.25) is 0 Å². The first-order chi connectivity index (χ1) is 24.0. The van der Waals surface area contributed by atoms with Gasteiger partial charge in [-0.2, -0.15) is 4.58 Å². The third-order valence-electron chi connectivity index (χ3n) is 11.7. The van der Waals surface area contributed by atoms with Gasteiger partial charge in [-0.3, -0.25) is 0 Å². The van der Waals surface area contributed by atoms with Crippen molar-refractivity contribution in [2.24, 2.45) is 11.8 Å². The van der Waals surface area contributed by atoms with Gasteiger partial charge in [-0.1, -0.05) is 84.1 Å². The molecule has 0 N–H and O–H groups in total. The van der Waals surface area contributed by atoms with E-state index in [1.807, 2.05) is 33.8 Å². The lowest BCUT2D eigenvalue weighted by atomic mass is 9.81. The second-order valence-corrected chi connectivity index (χ2v) is 15.9. The highest BCUT2D eigenvalue weighted by molar-refractivity contribution is 6.03. The Labute approximate surface area is 298 Å². The molecule has 2 heterocycles. The fourth-order valence-electron chi connectivity index (χ4n) is 8.99. The molecule has 2 saturated carbocycles. The second kappa shape index (κ2) is 14.5. The number of alkyl halides is 6. The summed E-state index contributed by atoms with van der Waals surface area (Å²) in [6.07, 6.45) is 10.8. The van der Waals surface area contributed by atoms with Crippen LogP contribution in [-0.4, -0.2) is 36.1 Å². The van der Waals surface area contributed by atoms with Crippen LogP contribution in [0.25, 0.3) is 0 Å². The van der Waals surface area contributed by atoms with Crippen LogP contribution >= 0.6 is 0 Å². The van der Waals surface area contributed by atoms with Gasteiger partial charge in [0.25, 0.3) is 0 Å². The Morgan fingerprint density at radius 1 is 0.725 bits per heavy atom. The maximum atomic E-state index is 13.2. The molecule has 4 nitrogen and oxygen atoms in total. The van der Waals surface area contributed by atoms with Crippen LogP contribution < -0.4 is 14.4 Å². The largest absolute Gasteiger partial charge is 0.573 e.